The second-order valence-electron chi connectivity index (χ2n) is 5.82. The quantitative estimate of drug-likeness (QED) is 0.438. The topological polar surface area (TPSA) is 3.01 Å². The summed E-state index contributed by atoms with van der Waals surface area (Å²) in [6.45, 7) is 10.6. The molecular weight excluding hydrogens is 458 g/mol. The molecule has 0 saturated carbocycles. The van der Waals surface area contributed by atoms with E-state index in [2.05, 4.69) is 63.9 Å². The Bertz CT molecular complexity index is 762. The molecule has 2 aromatic carbocycles. The average molecular weight is 479 g/mol. The molecule has 3 rings (SSSR count). The normalized spacial score (nSPS) is 13.6. The van der Waals surface area contributed by atoms with Crippen molar-refractivity contribution in [3.8, 4) is 0 Å². The van der Waals surface area contributed by atoms with E-state index < -0.39 is 0 Å². The summed E-state index contributed by atoms with van der Waals surface area (Å²) >= 11 is 0. The van der Waals surface area contributed by atoms with Crippen LogP contribution in [0.3, 0.4) is 0 Å². The Kier molecular flexibility index (Phi) is 5.41. The van der Waals surface area contributed by atoms with Gasteiger partial charge in [0.15, 0.2) is 0 Å². The largest absolute Gasteiger partial charge is 0.336 e. The van der Waals surface area contributed by atoms with Gasteiger partial charge in [0.2, 0.25) is 0 Å². The van der Waals surface area contributed by atoms with Crippen molar-refractivity contribution >= 4 is 12.3 Å². The van der Waals surface area contributed by atoms with Gasteiger partial charge in [-0.15, -0.1) is 29.3 Å². The predicted octanol–water partition coefficient (Wildman–Crippen LogP) is 4.61. The summed E-state index contributed by atoms with van der Waals surface area (Å²) in [4.78, 5) is 0. The number of rotatable bonds is 2. The fraction of sp³-hybridized carbons (Fsp3) is 0.143. The Morgan fingerprint density at radius 3 is 2.39 bits per heavy atom. The Morgan fingerprint density at radius 2 is 1.78 bits per heavy atom. The van der Waals surface area contributed by atoms with Gasteiger partial charge in [-0.25, -0.2) is 0 Å². The van der Waals surface area contributed by atoms with Crippen molar-refractivity contribution < 1.29 is 24.7 Å². The van der Waals surface area contributed by atoms with Gasteiger partial charge < -0.3 is 4.58 Å². The molecule has 1 aliphatic heterocycles. The van der Waals surface area contributed by atoms with Crippen molar-refractivity contribution in [1.82, 2.24) is 0 Å². The van der Waals surface area contributed by atoms with Crippen molar-refractivity contribution in [2.24, 2.45) is 0 Å². The molecule has 0 spiro atoms. The Labute approximate surface area is 152 Å². The zero-order chi connectivity index (χ0) is 15.7. The number of nitrogens with zero attached hydrogens (tertiary/aromatic N) is 1. The second kappa shape index (κ2) is 7.12. The van der Waals surface area contributed by atoms with E-state index >= 15 is 0 Å². The summed E-state index contributed by atoms with van der Waals surface area (Å²) < 4.78 is 1.90. The smallest absolute Gasteiger partial charge is 0.0756 e. The molecule has 1 heterocycles. The summed E-state index contributed by atoms with van der Waals surface area (Å²) in [5.41, 5.74) is 7.51. The number of hydrogen-bond acceptors (Lipinski definition) is 0. The molecule has 1 aliphatic rings. The van der Waals surface area contributed by atoms with E-state index in [1.165, 1.54) is 27.8 Å². The van der Waals surface area contributed by atoms with Gasteiger partial charge in [-0.3, -0.25) is 0 Å². The van der Waals surface area contributed by atoms with Gasteiger partial charge in [-0.2, -0.15) is 12.1 Å². The molecule has 0 amide bonds. The molecule has 0 aliphatic carbocycles. The van der Waals surface area contributed by atoms with E-state index in [0.29, 0.717) is 0 Å². The zero-order valence-electron chi connectivity index (χ0n) is 13.7. The molecule has 119 valence electrons. The third kappa shape index (κ3) is 3.55. The molecule has 0 fully saturated rings. The first-order valence-electron chi connectivity index (χ1n) is 7.48. The van der Waals surface area contributed by atoms with Gasteiger partial charge >= 0.3 is 0 Å². The summed E-state index contributed by atoms with van der Waals surface area (Å²) in [6, 6.07) is 16.8. The predicted molar refractivity (Wildman–Crippen MR) is 92.8 cm³/mol. The van der Waals surface area contributed by atoms with Crippen molar-refractivity contribution in [3.05, 3.63) is 94.7 Å². The van der Waals surface area contributed by atoms with Gasteiger partial charge in [0.25, 0.3) is 0 Å². The fourth-order valence-electron chi connectivity index (χ4n) is 3.10. The molecule has 0 atom stereocenters. The second-order valence-corrected chi connectivity index (χ2v) is 5.82. The Morgan fingerprint density at radius 1 is 1.09 bits per heavy atom. The summed E-state index contributed by atoms with van der Waals surface area (Å²) in [5.74, 6) is 0. The molecule has 2 heteroatoms. The third-order valence-corrected chi connectivity index (χ3v) is 3.99. The number of aryl methyl sites for hydroxylation is 3. The first-order valence-corrected chi connectivity index (χ1v) is 7.48. The van der Waals surface area contributed by atoms with E-state index in [4.69, 9.17) is 0 Å². The van der Waals surface area contributed by atoms with Crippen LogP contribution in [-0.4, -0.2) is 11.3 Å². The van der Waals surface area contributed by atoms with Crippen LogP contribution < -0.4 is 0 Å². The number of allylic oxidation sites excluding steroid dienone is 2. The molecule has 1 nitrogen and oxygen atoms in total. The third-order valence-electron chi connectivity index (χ3n) is 3.99. The summed E-state index contributed by atoms with van der Waals surface area (Å²) in [5, 5.41) is 0. The van der Waals surface area contributed by atoms with Crippen LogP contribution in [-0.2, 0) is 20.1 Å². The number of hydrogen-bond donors (Lipinski definition) is 0. The molecule has 0 aromatic heterocycles. The molecule has 0 unspecified atom stereocenters. The van der Waals surface area contributed by atoms with E-state index in [9.17, 15) is 0 Å². The maximum atomic E-state index is 4.09. The summed E-state index contributed by atoms with van der Waals surface area (Å²) in [6.07, 6.45) is 6.35. The molecule has 1 radical (unpaired) electrons. The van der Waals surface area contributed by atoms with Crippen molar-refractivity contribution in [1.29, 1.82) is 0 Å². The van der Waals surface area contributed by atoms with Crippen LogP contribution >= 0.6 is 0 Å². The fourth-order valence-corrected chi connectivity index (χ4v) is 3.10. The van der Waals surface area contributed by atoms with Crippen LogP contribution in [0.25, 0.3) is 5.57 Å². The Balaban J connectivity index is 0.00000192. The minimum Gasteiger partial charge on any atom is -0.336 e. The van der Waals surface area contributed by atoms with Gasteiger partial charge in [0.1, 0.15) is 0 Å². The van der Waals surface area contributed by atoms with Crippen LogP contribution in [0.4, 0.5) is 0 Å². The van der Waals surface area contributed by atoms with E-state index in [-0.39, 0.29) is 20.1 Å². The van der Waals surface area contributed by atoms with Crippen molar-refractivity contribution in [2.75, 3.05) is 0 Å². The molecule has 0 N–H and O–H groups in total. The first kappa shape index (κ1) is 17.5. The molecule has 2 aromatic rings. The minimum absolute atomic E-state index is 0. The van der Waals surface area contributed by atoms with E-state index in [1.54, 1.807) is 0 Å². The van der Waals surface area contributed by atoms with Crippen LogP contribution in [0.2, 0.25) is 0 Å². The van der Waals surface area contributed by atoms with Gasteiger partial charge in [-0.1, -0.05) is 46.5 Å². The SMILES string of the molecule is C=[N+]1C=CC(c2c(C)cc(C)cc2C)=C[C-]1c1[c-]cccc1.[Ir]. The average Bonchev–Trinajstić information content (AvgIpc) is 2.49. The molecular formula is C21H20IrN-. The Hall–Kier alpha value is -1.89. The van der Waals surface area contributed by atoms with E-state index in [1.807, 2.05) is 29.0 Å². The van der Waals surface area contributed by atoms with Crippen LogP contribution in [0.15, 0.2) is 54.8 Å². The maximum absolute atomic E-state index is 4.09. The minimum atomic E-state index is 0. The zero-order valence-corrected chi connectivity index (χ0v) is 16.1. The van der Waals surface area contributed by atoms with Gasteiger partial charge in [-0.05, 0) is 20.8 Å². The van der Waals surface area contributed by atoms with Crippen molar-refractivity contribution in [2.45, 2.75) is 20.8 Å². The van der Waals surface area contributed by atoms with Crippen LogP contribution in [0.5, 0.6) is 0 Å². The van der Waals surface area contributed by atoms with Crippen molar-refractivity contribution in [3.63, 3.8) is 0 Å². The molecule has 23 heavy (non-hydrogen) atoms. The molecule has 0 bridgehead atoms. The maximum Gasteiger partial charge on any atom is 0.0756 e. The van der Waals surface area contributed by atoms with Gasteiger partial charge in [0.05, 0.1) is 12.2 Å². The molecule has 0 saturated heterocycles. The standard InChI is InChI=1S/C21H20N.Ir/c1-15-12-16(2)21(17(3)13-15)19-10-11-22(4)20(14-19)18-8-6-5-7-9-18;/h5-8,10-14H,4H2,1-3H3;/q-1;. The summed E-state index contributed by atoms with van der Waals surface area (Å²) in [7, 11) is 0. The van der Waals surface area contributed by atoms with Crippen LogP contribution in [0, 0.1) is 32.9 Å². The monoisotopic (exact) mass is 479 g/mol. The number of benzene rings is 2. The van der Waals surface area contributed by atoms with Gasteiger partial charge in [0, 0.05) is 26.8 Å². The van der Waals surface area contributed by atoms with E-state index in [0.717, 1.165) is 11.6 Å². The van der Waals surface area contributed by atoms with Crippen LogP contribution in [0.1, 0.15) is 27.8 Å². The first-order chi connectivity index (χ1) is 10.6.